The van der Waals surface area contributed by atoms with Crippen molar-refractivity contribution in [3.05, 3.63) is 54.4 Å². The molecule has 1 amide bonds. The second-order valence-electron chi connectivity index (χ2n) is 8.06. The van der Waals surface area contributed by atoms with Crippen LogP contribution < -0.4 is 11.1 Å². The van der Waals surface area contributed by atoms with Gasteiger partial charge in [0.25, 0.3) is 5.91 Å². The van der Waals surface area contributed by atoms with E-state index >= 15 is 0 Å². The van der Waals surface area contributed by atoms with Crippen LogP contribution in [0.15, 0.2) is 53.7 Å². The molecule has 4 rings (SSSR count). The Morgan fingerprint density at radius 1 is 1.12 bits per heavy atom. The first-order chi connectivity index (χ1) is 16.4. The highest BCUT2D eigenvalue weighted by Crippen LogP contribution is 2.26. The van der Waals surface area contributed by atoms with Gasteiger partial charge in [0.15, 0.2) is 0 Å². The van der Waals surface area contributed by atoms with Crippen molar-refractivity contribution in [2.75, 3.05) is 57.5 Å². The molecule has 1 aliphatic heterocycles. The molecule has 34 heavy (non-hydrogen) atoms. The van der Waals surface area contributed by atoms with Crippen LogP contribution >= 0.6 is 0 Å². The number of hydrogen-bond acceptors (Lipinski definition) is 8. The maximum Gasteiger partial charge on any atom is 0.257 e. The van der Waals surface area contributed by atoms with Crippen molar-refractivity contribution in [1.29, 1.82) is 0 Å². The van der Waals surface area contributed by atoms with Crippen molar-refractivity contribution in [3.63, 3.8) is 0 Å². The molecule has 180 valence electrons. The van der Waals surface area contributed by atoms with E-state index in [1.54, 1.807) is 25.4 Å². The van der Waals surface area contributed by atoms with Crippen LogP contribution in [0.3, 0.4) is 0 Å². The number of sulfonamides is 1. The number of nitrogens with one attached hydrogen (secondary N) is 1. The average Bonchev–Trinajstić information content (AvgIpc) is 3.10. The second kappa shape index (κ2) is 10.4. The van der Waals surface area contributed by atoms with Gasteiger partial charge < -0.3 is 15.8 Å². The number of aromatic nitrogens is 2. The van der Waals surface area contributed by atoms with Gasteiger partial charge in [-0.1, -0.05) is 0 Å². The Morgan fingerprint density at radius 2 is 1.97 bits per heavy atom. The molecule has 1 fully saturated rings. The Bertz CT molecular complexity index is 1280. The average molecular weight is 485 g/mol. The summed E-state index contributed by atoms with van der Waals surface area (Å²) in [7, 11) is -2.06. The highest BCUT2D eigenvalue weighted by atomic mass is 32.2. The molecule has 0 spiro atoms. The fraction of sp³-hybridized carbons (Fsp3) is 0.348. The lowest BCUT2D eigenvalue weighted by Crippen LogP contribution is -2.36. The molecule has 10 nitrogen and oxygen atoms in total. The highest BCUT2D eigenvalue weighted by molar-refractivity contribution is 7.89. The topological polar surface area (TPSA) is 131 Å². The number of amides is 1. The molecule has 3 aromatic rings. The van der Waals surface area contributed by atoms with Gasteiger partial charge in [0.05, 0.1) is 39.5 Å². The summed E-state index contributed by atoms with van der Waals surface area (Å²) in [6.45, 7) is 3.68. The standard InChI is InChI=1S/C23H28N6O4S/c1-33-13-12-28-8-3-9-29(11-10-28)34(31,32)18-5-6-20(19(24)15-18)27-23(30)17-14-22-21(26-16-17)4-2-7-25-22/h2,4-7,14-16H,3,8-13,24H2,1H3,(H,27,30). The number of carbonyl (C=O) groups is 1. The fourth-order valence-corrected chi connectivity index (χ4v) is 5.37. The molecule has 0 bridgehead atoms. The molecule has 1 saturated heterocycles. The largest absolute Gasteiger partial charge is 0.397 e. The number of carbonyl (C=O) groups excluding carboxylic acids is 1. The van der Waals surface area contributed by atoms with Crippen molar-refractivity contribution in [1.82, 2.24) is 19.2 Å². The highest BCUT2D eigenvalue weighted by Gasteiger charge is 2.27. The SMILES string of the molecule is COCCN1CCCN(S(=O)(=O)c2ccc(NC(=O)c3cnc4cccnc4c3)c(N)c2)CC1. The normalized spacial score (nSPS) is 15.8. The lowest BCUT2D eigenvalue weighted by Gasteiger charge is -2.22. The van der Waals surface area contributed by atoms with E-state index in [2.05, 4.69) is 20.2 Å². The van der Waals surface area contributed by atoms with Crippen molar-refractivity contribution in [2.24, 2.45) is 0 Å². The maximum absolute atomic E-state index is 13.2. The fourth-order valence-electron chi connectivity index (χ4n) is 3.87. The summed E-state index contributed by atoms with van der Waals surface area (Å²) in [6.07, 6.45) is 3.83. The first-order valence-electron chi connectivity index (χ1n) is 11.0. The predicted molar refractivity (Wildman–Crippen MR) is 130 cm³/mol. The van der Waals surface area contributed by atoms with Gasteiger partial charge >= 0.3 is 0 Å². The Kier molecular flexibility index (Phi) is 7.37. The zero-order chi connectivity index (χ0) is 24.1. The number of rotatable bonds is 7. The van der Waals surface area contributed by atoms with Crippen LogP contribution in [0.4, 0.5) is 11.4 Å². The van der Waals surface area contributed by atoms with Crippen molar-refractivity contribution in [3.8, 4) is 0 Å². The van der Waals surface area contributed by atoms with E-state index < -0.39 is 15.9 Å². The zero-order valence-corrected chi connectivity index (χ0v) is 19.8. The number of hydrogen-bond donors (Lipinski definition) is 2. The number of pyridine rings is 2. The third-order valence-corrected chi connectivity index (χ3v) is 7.68. The minimum Gasteiger partial charge on any atom is -0.397 e. The number of anilines is 2. The molecule has 3 N–H and O–H groups in total. The number of nitrogen functional groups attached to an aromatic ring is 1. The molecule has 0 aliphatic carbocycles. The first-order valence-corrected chi connectivity index (χ1v) is 12.5. The third-order valence-electron chi connectivity index (χ3n) is 5.78. The van der Waals surface area contributed by atoms with Crippen LogP contribution in [0.2, 0.25) is 0 Å². The summed E-state index contributed by atoms with van der Waals surface area (Å²) in [5, 5.41) is 2.73. The van der Waals surface area contributed by atoms with Crippen molar-refractivity contribution >= 4 is 38.3 Å². The van der Waals surface area contributed by atoms with E-state index in [0.29, 0.717) is 48.5 Å². The van der Waals surface area contributed by atoms with Gasteiger partial charge in [-0.25, -0.2) is 8.42 Å². The van der Waals surface area contributed by atoms with E-state index in [1.165, 1.54) is 28.7 Å². The van der Waals surface area contributed by atoms with Crippen LogP contribution in [0.25, 0.3) is 11.0 Å². The summed E-state index contributed by atoms with van der Waals surface area (Å²) in [6, 6.07) is 9.59. The van der Waals surface area contributed by atoms with Crippen LogP contribution in [0.5, 0.6) is 0 Å². The molecule has 0 saturated carbocycles. The molecular formula is C23H28N6O4S. The number of methoxy groups -OCH3 is 1. The summed E-state index contributed by atoms with van der Waals surface area (Å²) >= 11 is 0. The summed E-state index contributed by atoms with van der Waals surface area (Å²) in [5.74, 6) is -0.411. The monoisotopic (exact) mass is 484 g/mol. The Labute approximate surface area is 198 Å². The van der Waals surface area contributed by atoms with Crippen LogP contribution in [0.1, 0.15) is 16.8 Å². The van der Waals surface area contributed by atoms with Crippen molar-refractivity contribution < 1.29 is 17.9 Å². The zero-order valence-electron chi connectivity index (χ0n) is 19.0. The number of nitrogens with zero attached hydrogens (tertiary/aromatic N) is 4. The third kappa shape index (κ3) is 5.33. The summed E-state index contributed by atoms with van der Waals surface area (Å²) in [4.78, 5) is 23.5. The number of nitrogens with two attached hydrogens (primary N) is 1. The lowest BCUT2D eigenvalue weighted by atomic mass is 10.2. The van der Waals surface area contributed by atoms with Gasteiger partial charge in [0, 0.05) is 45.7 Å². The molecule has 1 aliphatic rings. The molecule has 0 unspecified atom stereocenters. The van der Waals surface area contributed by atoms with E-state index in [-0.39, 0.29) is 10.6 Å². The molecule has 3 heterocycles. The summed E-state index contributed by atoms with van der Waals surface area (Å²) < 4.78 is 33.0. The molecule has 2 aromatic heterocycles. The van der Waals surface area contributed by atoms with E-state index in [4.69, 9.17) is 10.5 Å². The summed E-state index contributed by atoms with van der Waals surface area (Å²) in [5.41, 5.74) is 8.22. The quantitative estimate of drug-likeness (QED) is 0.486. The maximum atomic E-state index is 13.2. The smallest absolute Gasteiger partial charge is 0.257 e. The Hall–Kier alpha value is -3.12. The molecule has 1 aromatic carbocycles. The second-order valence-corrected chi connectivity index (χ2v) is 10.00. The molecule has 11 heteroatoms. The predicted octanol–water partition coefficient (Wildman–Crippen LogP) is 1.81. The van der Waals surface area contributed by atoms with E-state index in [9.17, 15) is 13.2 Å². The van der Waals surface area contributed by atoms with Gasteiger partial charge in [-0.15, -0.1) is 0 Å². The minimum atomic E-state index is -3.71. The molecular weight excluding hydrogens is 456 g/mol. The van der Waals surface area contributed by atoms with E-state index in [0.717, 1.165) is 19.5 Å². The van der Waals surface area contributed by atoms with Gasteiger partial charge in [-0.05, 0) is 49.4 Å². The number of benzene rings is 1. The van der Waals surface area contributed by atoms with Crippen LogP contribution in [-0.2, 0) is 14.8 Å². The van der Waals surface area contributed by atoms with Crippen molar-refractivity contribution in [2.45, 2.75) is 11.3 Å². The van der Waals surface area contributed by atoms with Gasteiger partial charge in [-0.3, -0.25) is 19.7 Å². The van der Waals surface area contributed by atoms with Crippen LogP contribution in [-0.4, -0.2) is 79.9 Å². The first kappa shape index (κ1) is 24.0. The van der Waals surface area contributed by atoms with Crippen LogP contribution in [0, 0.1) is 0 Å². The number of fused-ring (bicyclic) bond motifs is 1. The Morgan fingerprint density at radius 3 is 2.76 bits per heavy atom. The van der Waals surface area contributed by atoms with E-state index in [1.807, 2.05) is 6.07 Å². The van der Waals surface area contributed by atoms with Gasteiger partial charge in [0.1, 0.15) is 0 Å². The Balaban J connectivity index is 1.47. The molecule has 0 atom stereocenters. The minimum absolute atomic E-state index is 0.102. The van der Waals surface area contributed by atoms with Gasteiger partial charge in [-0.2, -0.15) is 4.31 Å². The lowest BCUT2D eigenvalue weighted by molar-refractivity contribution is 0.102. The molecule has 0 radical (unpaired) electrons. The van der Waals surface area contributed by atoms with Gasteiger partial charge in [0.2, 0.25) is 10.0 Å². The number of ether oxygens (including phenoxy) is 1.